The van der Waals surface area contributed by atoms with E-state index < -0.39 is 0 Å². The lowest BCUT2D eigenvalue weighted by Gasteiger charge is -2.02. The normalized spacial score (nSPS) is 10.1. The van der Waals surface area contributed by atoms with Crippen molar-refractivity contribution in [2.75, 3.05) is 0 Å². The Bertz CT molecular complexity index is 526. The molecule has 0 fully saturated rings. The number of nitrogens with zero attached hydrogens (tertiary/aromatic N) is 3. The van der Waals surface area contributed by atoms with Gasteiger partial charge in [0.1, 0.15) is 11.9 Å². The van der Waals surface area contributed by atoms with Crippen molar-refractivity contribution in [2.45, 2.75) is 19.8 Å². The zero-order valence-corrected chi connectivity index (χ0v) is 8.57. The Labute approximate surface area is 88.4 Å². The van der Waals surface area contributed by atoms with Crippen LogP contribution in [-0.4, -0.2) is 9.97 Å². The fraction of sp³-hybridized carbons (Fsp3) is 0.250. The van der Waals surface area contributed by atoms with Gasteiger partial charge < -0.3 is 0 Å². The van der Waals surface area contributed by atoms with Crippen LogP contribution in [-0.2, 0) is 6.42 Å². The molecule has 0 unspecified atom stereocenters. The molecule has 0 aliphatic rings. The molecule has 1 heterocycles. The van der Waals surface area contributed by atoms with Gasteiger partial charge in [0.15, 0.2) is 5.69 Å². The second kappa shape index (κ2) is 4.05. The van der Waals surface area contributed by atoms with Crippen molar-refractivity contribution >= 4 is 10.9 Å². The molecule has 2 aromatic rings. The summed E-state index contributed by atoms with van der Waals surface area (Å²) in [5, 5.41) is 9.82. The Morgan fingerprint density at radius 2 is 2.07 bits per heavy atom. The Morgan fingerprint density at radius 3 is 2.80 bits per heavy atom. The fourth-order valence-electron chi connectivity index (χ4n) is 1.55. The molecule has 0 amide bonds. The van der Waals surface area contributed by atoms with Crippen molar-refractivity contribution in [3.63, 3.8) is 0 Å². The molecule has 0 atom stereocenters. The predicted octanol–water partition coefficient (Wildman–Crippen LogP) is 2.45. The quantitative estimate of drug-likeness (QED) is 0.743. The number of hydrogen-bond acceptors (Lipinski definition) is 3. The van der Waals surface area contributed by atoms with Gasteiger partial charge in [-0.25, -0.2) is 9.97 Å². The molecule has 15 heavy (non-hydrogen) atoms. The second-order valence-corrected chi connectivity index (χ2v) is 3.37. The van der Waals surface area contributed by atoms with Gasteiger partial charge in [0.2, 0.25) is 0 Å². The van der Waals surface area contributed by atoms with Crippen LogP contribution in [0.3, 0.4) is 0 Å². The van der Waals surface area contributed by atoms with Crippen molar-refractivity contribution in [1.82, 2.24) is 9.97 Å². The summed E-state index contributed by atoms with van der Waals surface area (Å²) in [6.07, 6.45) is 1.81. The number of benzene rings is 1. The average Bonchev–Trinajstić information content (AvgIpc) is 2.28. The summed E-state index contributed by atoms with van der Waals surface area (Å²) in [4.78, 5) is 8.65. The Hall–Kier alpha value is -1.95. The molecule has 2 rings (SSSR count). The lowest BCUT2D eigenvalue weighted by atomic mass is 10.2. The summed E-state index contributed by atoms with van der Waals surface area (Å²) in [6.45, 7) is 2.07. The maximum Gasteiger partial charge on any atom is 0.152 e. The zero-order valence-electron chi connectivity index (χ0n) is 8.57. The third-order valence-corrected chi connectivity index (χ3v) is 2.23. The molecular formula is C12H11N3. The first-order chi connectivity index (χ1) is 7.35. The van der Waals surface area contributed by atoms with Gasteiger partial charge >= 0.3 is 0 Å². The minimum absolute atomic E-state index is 0.476. The highest BCUT2D eigenvalue weighted by atomic mass is 14.9. The lowest BCUT2D eigenvalue weighted by molar-refractivity contribution is 0.841. The molecule has 3 nitrogen and oxygen atoms in total. The van der Waals surface area contributed by atoms with E-state index in [1.165, 1.54) is 0 Å². The van der Waals surface area contributed by atoms with E-state index in [4.69, 9.17) is 5.26 Å². The summed E-state index contributed by atoms with van der Waals surface area (Å²) in [6, 6.07) is 9.73. The molecule has 3 heteroatoms. The van der Waals surface area contributed by atoms with Crippen LogP contribution in [0.2, 0.25) is 0 Å². The SMILES string of the molecule is CCCc1nc(C#N)c2ccccc2n1. The van der Waals surface area contributed by atoms with Crippen LogP contribution in [0, 0.1) is 11.3 Å². The van der Waals surface area contributed by atoms with E-state index in [0.717, 1.165) is 29.6 Å². The topological polar surface area (TPSA) is 49.6 Å². The number of rotatable bonds is 2. The lowest BCUT2D eigenvalue weighted by Crippen LogP contribution is -1.98. The summed E-state index contributed by atoms with van der Waals surface area (Å²) in [5.41, 5.74) is 1.33. The minimum atomic E-state index is 0.476. The molecule has 74 valence electrons. The van der Waals surface area contributed by atoms with Crippen molar-refractivity contribution in [3.05, 3.63) is 35.8 Å². The van der Waals surface area contributed by atoms with E-state index in [9.17, 15) is 0 Å². The third-order valence-electron chi connectivity index (χ3n) is 2.23. The molecule has 0 N–H and O–H groups in total. The van der Waals surface area contributed by atoms with Gasteiger partial charge in [0.25, 0.3) is 0 Å². The maximum atomic E-state index is 8.99. The standard InChI is InChI=1S/C12H11N3/c1-2-5-12-14-10-7-4-3-6-9(10)11(8-13)15-12/h3-4,6-7H,2,5H2,1H3. The van der Waals surface area contributed by atoms with Crippen LogP contribution in [0.25, 0.3) is 10.9 Å². The van der Waals surface area contributed by atoms with E-state index in [1.807, 2.05) is 24.3 Å². The van der Waals surface area contributed by atoms with E-state index >= 15 is 0 Å². The van der Waals surface area contributed by atoms with Gasteiger partial charge in [0, 0.05) is 11.8 Å². The van der Waals surface area contributed by atoms with E-state index in [0.29, 0.717) is 5.69 Å². The predicted molar refractivity (Wildman–Crippen MR) is 58.2 cm³/mol. The third kappa shape index (κ3) is 1.79. The summed E-state index contributed by atoms with van der Waals surface area (Å²) in [5.74, 6) is 0.757. The first kappa shape index (κ1) is 9.60. The van der Waals surface area contributed by atoms with Gasteiger partial charge in [-0.3, -0.25) is 0 Å². The first-order valence-electron chi connectivity index (χ1n) is 5.01. The van der Waals surface area contributed by atoms with Crippen LogP contribution in [0.15, 0.2) is 24.3 Å². The number of nitriles is 1. The first-order valence-corrected chi connectivity index (χ1v) is 5.01. The maximum absolute atomic E-state index is 8.99. The molecule has 0 bridgehead atoms. The molecule has 0 saturated carbocycles. The Balaban J connectivity index is 2.67. The Kier molecular flexibility index (Phi) is 2.59. The molecule has 0 spiro atoms. The van der Waals surface area contributed by atoms with Gasteiger partial charge in [-0.2, -0.15) is 5.26 Å². The second-order valence-electron chi connectivity index (χ2n) is 3.37. The van der Waals surface area contributed by atoms with Crippen molar-refractivity contribution < 1.29 is 0 Å². The van der Waals surface area contributed by atoms with Crippen LogP contribution in [0.4, 0.5) is 0 Å². The van der Waals surface area contributed by atoms with Gasteiger partial charge in [-0.05, 0) is 18.6 Å². The zero-order chi connectivity index (χ0) is 10.7. The van der Waals surface area contributed by atoms with Gasteiger partial charge in [-0.1, -0.05) is 19.1 Å². The number of para-hydroxylation sites is 1. The summed E-state index contributed by atoms with van der Waals surface area (Å²) in [7, 11) is 0. The number of hydrogen-bond donors (Lipinski definition) is 0. The number of aryl methyl sites for hydroxylation is 1. The van der Waals surface area contributed by atoms with E-state index in [-0.39, 0.29) is 0 Å². The van der Waals surface area contributed by atoms with Crippen molar-refractivity contribution in [2.24, 2.45) is 0 Å². The highest BCUT2D eigenvalue weighted by Crippen LogP contribution is 2.15. The van der Waals surface area contributed by atoms with Crippen LogP contribution >= 0.6 is 0 Å². The highest BCUT2D eigenvalue weighted by Gasteiger charge is 2.05. The molecular weight excluding hydrogens is 186 g/mol. The smallest absolute Gasteiger partial charge is 0.152 e. The Morgan fingerprint density at radius 1 is 1.27 bits per heavy atom. The average molecular weight is 197 g/mol. The van der Waals surface area contributed by atoms with Crippen LogP contribution in [0.1, 0.15) is 24.9 Å². The highest BCUT2D eigenvalue weighted by molar-refractivity contribution is 5.82. The molecule has 0 aliphatic heterocycles. The minimum Gasteiger partial charge on any atom is -0.233 e. The molecule has 0 aliphatic carbocycles. The summed E-state index contributed by atoms with van der Waals surface area (Å²) >= 11 is 0. The van der Waals surface area contributed by atoms with Gasteiger partial charge in [-0.15, -0.1) is 0 Å². The van der Waals surface area contributed by atoms with E-state index in [2.05, 4.69) is 23.0 Å². The molecule has 0 radical (unpaired) electrons. The van der Waals surface area contributed by atoms with Crippen molar-refractivity contribution in [3.8, 4) is 6.07 Å². The monoisotopic (exact) mass is 197 g/mol. The van der Waals surface area contributed by atoms with E-state index in [1.54, 1.807) is 0 Å². The number of aromatic nitrogens is 2. The van der Waals surface area contributed by atoms with Gasteiger partial charge in [0.05, 0.1) is 5.52 Å². The number of fused-ring (bicyclic) bond motifs is 1. The summed E-state index contributed by atoms with van der Waals surface area (Å²) < 4.78 is 0. The fourth-order valence-corrected chi connectivity index (χ4v) is 1.55. The molecule has 0 saturated heterocycles. The van der Waals surface area contributed by atoms with Crippen LogP contribution in [0.5, 0.6) is 0 Å². The van der Waals surface area contributed by atoms with Crippen LogP contribution < -0.4 is 0 Å². The molecule has 1 aromatic carbocycles. The molecule has 1 aromatic heterocycles. The van der Waals surface area contributed by atoms with Crippen molar-refractivity contribution in [1.29, 1.82) is 5.26 Å². The largest absolute Gasteiger partial charge is 0.233 e.